The average molecular weight is 348 g/mol. The van der Waals surface area contributed by atoms with Crippen LogP contribution in [0.25, 0.3) is 0 Å². The zero-order valence-corrected chi connectivity index (χ0v) is 14.4. The molecule has 6 nitrogen and oxygen atoms in total. The predicted molar refractivity (Wildman–Crippen MR) is 89.6 cm³/mol. The Morgan fingerprint density at radius 3 is 2.88 bits per heavy atom. The van der Waals surface area contributed by atoms with E-state index in [0.717, 1.165) is 17.1 Å². The summed E-state index contributed by atoms with van der Waals surface area (Å²) in [6, 6.07) is 7.71. The number of carbonyl (C=O) groups is 2. The maximum Gasteiger partial charge on any atom is 0.410 e. The van der Waals surface area contributed by atoms with Gasteiger partial charge in [0, 0.05) is 16.3 Å². The average Bonchev–Trinajstić information content (AvgIpc) is 3.21. The summed E-state index contributed by atoms with van der Waals surface area (Å²) in [5.74, 6) is 0.606. The lowest BCUT2D eigenvalue weighted by Gasteiger charge is -2.29. The SMILES string of the molecule is Cc1ccc(CN(Cc2ccco2)C(=O)CN2CCCOC2=O)s1. The third-order valence-corrected chi connectivity index (χ3v) is 4.79. The molecular formula is C17H20N2O4S. The lowest BCUT2D eigenvalue weighted by molar-refractivity contribution is -0.134. The molecule has 24 heavy (non-hydrogen) atoms. The first-order valence-electron chi connectivity index (χ1n) is 7.89. The molecule has 3 heterocycles. The molecular weight excluding hydrogens is 328 g/mol. The third kappa shape index (κ3) is 4.17. The number of amides is 2. The summed E-state index contributed by atoms with van der Waals surface area (Å²) in [4.78, 5) is 30.0. The highest BCUT2D eigenvalue weighted by Gasteiger charge is 2.25. The number of hydrogen-bond donors (Lipinski definition) is 0. The second kappa shape index (κ2) is 7.53. The van der Waals surface area contributed by atoms with E-state index in [1.165, 1.54) is 9.78 Å². The molecule has 1 aliphatic rings. The summed E-state index contributed by atoms with van der Waals surface area (Å²) in [7, 11) is 0. The molecule has 0 unspecified atom stereocenters. The van der Waals surface area contributed by atoms with Gasteiger partial charge in [-0.3, -0.25) is 9.69 Å². The van der Waals surface area contributed by atoms with Gasteiger partial charge in [-0.2, -0.15) is 0 Å². The van der Waals surface area contributed by atoms with Crippen LogP contribution in [-0.2, 0) is 22.6 Å². The van der Waals surface area contributed by atoms with Gasteiger partial charge in [0.25, 0.3) is 0 Å². The van der Waals surface area contributed by atoms with E-state index in [9.17, 15) is 9.59 Å². The summed E-state index contributed by atoms with van der Waals surface area (Å²) < 4.78 is 10.4. The lowest BCUT2D eigenvalue weighted by atomic mass is 10.3. The van der Waals surface area contributed by atoms with Crippen molar-refractivity contribution in [3.05, 3.63) is 46.0 Å². The number of cyclic esters (lactones) is 1. The van der Waals surface area contributed by atoms with Crippen LogP contribution in [-0.4, -0.2) is 41.5 Å². The summed E-state index contributed by atoms with van der Waals surface area (Å²) in [6.45, 7) is 3.93. The van der Waals surface area contributed by atoms with Gasteiger partial charge in [-0.05, 0) is 37.6 Å². The van der Waals surface area contributed by atoms with Crippen LogP contribution in [0.4, 0.5) is 4.79 Å². The third-order valence-electron chi connectivity index (χ3n) is 3.80. The van der Waals surface area contributed by atoms with Crippen LogP contribution >= 0.6 is 11.3 Å². The van der Waals surface area contributed by atoms with Crippen LogP contribution in [0.2, 0.25) is 0 Å². The Labute approximate surface area is 144 Å². The van der Waals surface area contributed by atoms with Crippen molar-refractivity contribution in [3.8, 4) is 0 Å². The number of ether oxygens (including phenoxy) is 1. The molecule has 2 amide bonds. The fourth-order valence-electron chi connectivity index (χ4n) is 2.59. The molecule has 2 aromatic rings. The quantitative estimate of drug-likeness (QED) is 0.805. The number of hydrogen-bond acceptors (Lipinski definition) is 5. The minimum Gasteiger partial charge on any atom is -0.467 e. The number of nitrogens with zero attached hydrogens (tertiary/aromatic N) is 2. The van der Waals surface area contributed by atoms with Crippen molar-refractivity contribution < 1.29 is 18.7 Å². The molecule has 0 atom stereocenters. The molecule has 128 valence electrons. The van der Waals surface area contributed by atoms with Crippen LogP contribution in [0, 0.1) is 6.92 Å². The van der Waals surface area contributed by atoms with Crippen molar-refractivity contribution >= 4 is 23.3 Å². The Morgan fingerprint density at radius 2 is 2.21 bits per heavy atom. The van der Waals surface area contributed by atoms with Crippen molar-refractivity contribution in [1.29, 1.82) is 0 Å². The zero-order chi connectivity index (χ0) is 16.9. The largest absolute Gasteiger partial charge is 0.467 e. The van der Waals surface area contributed by atoms with Gasteiger partial charge in [-0.15, -0.1) is 11.3 Å². The Hall–Kier alpha value is -2.28. The second-order valence-electron chi connectivity index (χ2n) is 5.73. The van der Waals surface area contributed by atoms with Gasteiger partial charge < -0.3 is 14.1 Å². The van der Waals surface area contributed by atoms with E-state index in [1.54, 1.807) is 28.6 Å². The highest BCUT2D eigenvalue weighted by molar-refractivity contribution is 7.11. The topological polar surface area (TPSA) is 63.0 Å². The molecule has 0 aliphatic carbocycles. The number of furan rings is 1. The Kier molecular flexibility index (Phi) is 5.20. The summed E-state index contributed by atoms with van der Waals surface area (Å²) in [6.07, 6.45) is 1.93. The van der Waals surface area contributed by atoms with E-state index in [4.69, 9.17) is 9.15 Å². The van der Waals surface area contributed by atoms with Crippen LogP contribution in [0.1, 0.15) is 21.9 Å². The molecule has 0 bridgehead atoms. The molecule has 0 spiro atoms. The van der Waals surface area contributed by atoms with Crippen molar-refractivity contribution in [2.45, 2.75) is 26.4 Å². The van der Waals surface area contributed by atoms with E-state index < -0.39 is 6.09 Å². The Bertz CT molecular complexity index is 695. The van der Waals surface area contributed by atoms with Crippen molar-refractivity contribution in [2.75, 3.05) is 19.7 Å². The van der Waals surface area contributed by atoms with Crippen molar-refractivity contribution in [2.24, 2.45) is 0 Å². The molecule has 1 saturated heterocycles. The monoisotopic (exact) mass is 348 g/mol. The summed E-state index contributed by atoms with van der Waals surface area (Å²) in [5.41, 5.74) is 0. The van der Waals surface area contributed by atoms with Gasteiger partial charge in [-0.25, -0.2) is 4.79 Å². The van der Waals surface area contributed by atoms with E-state index in [-0.39, 0.29) is 12.5 Å². The van der Waals surface area contributed by atoms with Crippen molar-refractivity contribution in [1.82, 2.24) is 9.80 Å². The van der Waals surface area contributed by atoms with Crippen LogP contribution in [0.5, 0.6) is 0 Å². The Morgan fingerprint density at radius 1 is 1.33 bits per heavy atom. The fourth-order valence-corrected chi connectivity index (χ4v) is 3.49. The second-order valence-corrected chi connectivity index (χ2v) is 7.10. The van der Waals surface area contributed by atoms with Gasteiger partial charge in [0.1, 0.15) is 12.3 Å². The van der Waals surface area contributed by atoms with E-state index in [0.29, 0.717) is 26.2 Å². The molecule has 0 saturated carbocycles. The number of carbonyl (C=O) groups excluding carboxylic acids is 2. The first kappa shape index (κ1) is 16.6. The Balaban J connectivity index is 1.69. The van der Waals surface area contributed by atoms with Gasteiger partial charge >= 0.3 is 6.09 Å². The van der Waals surface area contributed by atoms with Gasteiger partial charge in [-0.1, -0.05) is 0 Å². The zero-order valence-electron chi connectivity index (χ0n) is 13.6. The van der Waals surface area contributed by atoms with Crippen LogP contribution < -0.4 is 0 Å². The maximum absolute atomic E-state index is 12.7. The van der Waals surface area contributed by atoms with E-state index in [1.807, 2.05) is 25.1 Å². The first-order chi connectivity index (χ1) is 11.6. The summed E-state index contributed by atoms with van der Waals surface area (Å²) >= 11 is 1.66. The number of thiophene rings is 1. The smallest absolute Gasteiger partial charge is 0.410 e. The molecule has 2 aromatic heterocycles. The molecule has 0 aromatic carbocycles. The number of aryl methyl sites for hydroxylation is 1. The molecule has 0 radical (unpaired) electrons. The molecule has 1 aliphatic heterocycles. The summed E-state index contributed by atoms with van der Waals surface area (Å²) in [5, 5.41) is 0. The maximum atomic E-state index is 12.7. The fraction of sp³-hybridized carbons (Fsp3) is 0.412. The predicted octanol–water partition coefficient (Wildman–Crippen LogP) is 3.02. The number of rotatable bonds is 6. The van der Waals surface area contributed by atoms with Crippen molar-refractivity contribution in [3.63, 3.8) is 0 Å². The normalized spacial score (nSPS) is 14.5. The highest BCUT2D eigenvalue weighted by atomic mass is 32.1. The lowest BCUT2D eigenvalue weighted by Crippen LogP contribution is -2.45. The van der Waals surface area contributed by atoms with Crippen LogP contribution in [0.15, 0.2) is 34.9 Å². The standard InChI is InChI=1S/C17H20N2O4S/c1-13-5-6-15(24-13)11-19(10-14-4-2-8-22-14)16(20)12-18-7-3-9-23-17(18)21/h2,4-6,8H,3,7,9-12H2,1H3. The van der Waals surface area contributed by atoms with Crippen LogP contribution in [0.3, 0.4) is 0 Å². The van der Waals surface area contributed by atoms with Gasteiger partial charge in [0.05, 0.1) is 26.0 Å². The minimum atomic E-state index is -0.417. The van der Waals surface area contributed by atoms with E-state index >= 15 is 0 Å². The van der Waals surface area contributed by atoms with Gasteiger partial charge in [0.15, 0.2) is 0 Å². The minimum absolute atomic E-state index is 0.0316. The van der Waals surface area contributed by atoms with E-state index in [2.05, 4.69) is 0 Å². The van der Waals surface area contributed by atoms with Gasteiger partial charge in [0.2, 0.25) is 5.91 Å². The molecule has 1 fully saturated rings. The highest BCUT2D eigenvalue weighted by Crippen LogP contribution is 2.19. The molecule has 3 rings (SSSR count). The molecule has 0 N–H and O–H groups in total. The first-order valence-corrected chi connectivity index (χ1v) is 8.70. The molecule has 7 heteroatoms.